The van der Waals surface area contributed by atoms with Crippen LogP contribution in [0, 0.1) is 5.92 Å². The number of alkyl halides is 2. The van der Waals surface area contributed by atoms with Crippen molar-refractivity contribution in [2.45, 2.75) is 65.1 Å². The third-order valence-corrected chi connectivity index (χ3v) is 9.34. The Morgan fingerprint density at radius 3 is 2.20 bits per heavy atom. The molecule has 226 valence electrons. The summed E-state index contributed by atoms with van der Waals surface area (Å²) >= 11 is 1.15. The average Bonchev–Trinajstić information content (AvgIpc) is 3.63. The molecule has 1 fully saturated rings. The van der Waals surface area contributed by atoms with Crippen LogP contribution in [0.1, 0.15) is 68.6 Å². The molecule has 1 saturated heterocycles. The van der Waals surface area contributed by atoms with Crippen molar-refractivity contribution in [3.63, 3.8) is 0 Å². The van der Waals surface area contributed by atoms with Gasteiger partial charge in [0.05, 0.1) is 18.1 Å². The van der Waals surface area contributed by atoms with E-state index in [0.29, 0.717) is 40.4 Å². The van der Waals surface area contributed by atoms with Crippen LogP contribution in [0.5, 0.6) is 0 Å². The van der Waals surface area contributed by atoms with Crippen molar-refractivity contribution < 1.29 is 41.9 Å². The van der Waals surface area contributed by atoms with Crippen LogP contribution in [0.2, 0.25) is 0 Å². The zero-order valence-electron chi connectivity index (χ0n) is 23.8. The van der Waals surface area contributed by atoms with E-state index in [0.717, 1.165) is 37.7 Å². The number of nitrogens with one attached hydrogen (secondary N) is 1. The molecule has 3 rings (SSSR count). The molecule has 13 heteroatoms. The van der Waals surface area contributed by atoms with Crippen LogP contribution in [0.25, 0.3) is 10.1 Å². The highest BCUT2D eigenvalue weighted by atomic mass is 32.1. The first-order chi connectivity index (χ1) is 19.0. The number of hydrogen-bond acceptors (Lipinski definition) is 8. The number of carbonyl (C=O) groups excluding carboxylic acids is 3. The third-order valence-electron chi connectivity index (χ3n) is 6.08. The second kappa shape index (κ2) is 16.9. The Kier molecular flexibility index (Phi) is 15.1. The third kappa shape index (κ3) is 8.88. The van der Waals surface area contributed by atoms with E-state index < -0.39 is 30.8 Å². The van der Waals surface area contributed by atoms with E-state index in [1.54, 1.807) is 4.90 Å². The standard InChI is InChI=1S/C25H35F2N2O5PS.CH4O.CH2O/c1-5-33-35(32,34-6-2)25(26,27)19-10-12-21-18(15-19)16-22(36-21)23(30)28-20(11-9-17(3)4)24(31)29-13-7-8-14-29;2*1-2/h10,12,15-17,20H,5-9,11,13-14H2,1-4H3,(H,28,30);2H,1H3;1H2/t20-;;/m0../s1. The first kappa shape index (κ1) is 35.8. The molecule has 1 atom stereocenters. The van der Waals surface area contributed by atoms with Crippen molar-refractivity contribution in [3.05, 3.63) is 34.7 Å². The molecule has 40 heavy (non-hydrogen) atoms. The zero-order chi connectivity index (χ0) is 30.5. The van der Waals surface area contributed by atoms with Gasteiger partial charge >= 0.3 is 13.3 Å². The number of amides is 2. The Hall–Kier alpha value is -2.24. The second-order valence-corrected chi connectivity index (χ2v) is 12.4. The molecule has 0 aliphatic carbocycles. The topological polar surface area (TPSA) is 122 Å². The minimum absolute atomic E-state index is 0.0767. The molecule has 0 unspecified atom stereocenters. The van der Waals surface area contributed by atoms with Crippen LogP contribution in [-0.2, 0) is 28.9 Å². The van der Waals surface area contributed by atoms with E-state index in [1.807, 2.05) is 6.79 Å². The average molecular weight is 607 g/mol. The van der Waals surface area contributed by atoms with Gasteiger partial charge in [-0.1, -0.05) is 19.9 Å². The van der Waals surface area contributed by atoms with Crippen LogP contribution in [0.4, 0.5) is 8.78 Å². The SMILES string of the molecule is C=O.CCOP(=O)(OCC)C(F)(F)c1ccc2sc(C(=O)N[C@@H](CCC(C)C)C(=O)N3CCCC3)cc2c1.CO. The summed E-state index contributed by atoms with van der Waals surface area (Å²) in [6, 6.07) is 4.73. The molecule has 2 amide bonds. The van der Waals surface area contributed by atoms with Crippen molar-refractivity contribution in [3.8, 4) is 0 Å². The van der Waals surface area contributed by atoms with Crippen molar-refractivity contribution >= 4 is 47.6 Å². The first-order valence-electron chi connectivity index (χ1n) is 13.2. The molecule has 9 nitrogen and oxygen atoms in total. The minimum Gasteiger partial charge on any atom is -0.400 e. The van der Waals surface area contributed by atoms with Gasteiger partial charge in [0.15, 0.2) is 0 Å². The second-order valence-electron chi connectivity index (χ2n) is 9.27. The molecular formula is C27H41F2N2O7PS. The van der Waals surface area contributed by atoms with Crippen LogP contribution in [0.3, 0.4) is 0 Å². The molecule has 2 N–H and O–H groups in total. The summed E-state index contributed by atoms with van der Waals surface area (Å²) in [4.78, 5) is 36.2. The number of fused-ring (bicyclic) bond motifs is 1. The maximum atomic E-state index is 15.2. The molecule has 1 aliphatic heterocycles. The lowest BCUT2D eigenvalue weighted by Crippen LogP contribution is -2.47. The number of benzene rings is 1. The first-order valence-corrected chi connectivity index (χ1v) is 15.5. The maximum Gasteiger partial charge on any atom is 0.404 e. The molecule has 1 aromatic carbocycles. The molecule has 0 radical (unpaired) electrons. The van der Waals surface area contributed by atoms with Crippen LogP contribution < -0.4 is 5.32 Å². The normalized spacial score (nSPS) is 14.3. The van der Waals surface area contributed by atoms with Gasteiger partial charge in [-0.15, -0.1) is 11.3 Å². The summed E-state index contributed by atoms with van der Waals surface area (Å²) in [5.74, 6) is -0.114. The fourth-order valence-electron chi connectivity index (χ4n) is 4.18. The quantitative estimate of drug-likeness (QED) is 0.293. The predicted octanol–water partition coefficient (Wildman–Crippen LogP) is 5.80. The fourth-order valence-corrected chi connectivity index (χ4v) is 6.66. The number of rotatable bonds is 12. The van der Waals surface area contributed by atoms with Gasteiger partial charge in [0, 0.05) is 30.5 Å². The number of aliphatic hydroxyl groups is 1. The number of halogens is 2. The van der Waals surface area contributed by atoms with Gasteiger partial charge in [-0.2, -0.15) is 8.78 Å². The van der Waals surface area contributed by atoms with Gasteiger partial charge < -0.3 is 29.2 Å². The number of aliphatic hydroxyl groups excluding tert-OH is 1. The Morgan fingerprint density at radius 1 is 1.10 bits per heavy atom. The number of thiophene rings is 1. The number of likely N-dealkylation sites (tertiary alicyclic amines) is 1. The molecule has 0 saturated carbocycles. The van der Waals surface area contributed by atoms with E-state index in [2.05, 4.69) is 19.2 Å². The number of nitrogens with zero attached hydrogens (tertiary/aromatic N) is 1. The maximum absolute atomic E-state index is 15.2. The highest BCUT2D eigenvalue weighted by Gasteiger charge is 2.54. The van der Waals surface area contributed by atoms with E-state index >= 15 is 8.78 Å². The van der Waals surface area contributed by atoms with Crippen molar-refractivity contribution in [2.75, 3.05) is 33.4 Å². The van der Waals surface area contributed by atoms with Gasteiger partial charge in [0.1, 0.15) is 12.8 Å². The van der Waals surface area contributed by atoms with Gasteiger partial charge in [0.25, 0.3) is 5.91 Å². The summed E-state index contributed by atoms with van der Waals surface area (Å²) < 4.78 is 53.6. The lowest BCUT2D eigenvalue weighted by molar-refractivity contribution is -0.132. The molecule has 1 aliphatic rings. The molecule has 0 bridgehead atoms. The van der Waals surface area contributed by atoms with Crippen LogP contribution >= 0.6 is 18.9 Å². The summed E-state index contributed by atoms with van der Waals surface area (Å²) in [6.45, 7) is 10.1. The summed E-state index contributed by atoms with van der Waals surface area (Å²) in [5, 5.41) is 10.3. The van der Waals surface area contributed by atoms with E-state index in [1.165, 1.54) is 38.1 Å². The summed E-state index contributed by atoms with van der Waals surface area (Å²) in [7, 11) is -3.74. The molecule has 2 aromatic rings. The Bertz CT molecular complexity index is 1130. The Labute approximate surface area is 238 Å². The predicted molar refractivity (Wildman–Crippen MR) is 153 cm³/mol. The van der Waals surface area contributed by atoms with E-state index in [9.17, 15) is 14.2 Å². The fraction of sp³-hybridized carbons (Fsp3) is 0.593. The molecule has 2 heterocycles. The lowest BCUT2D eigenvalue weighted by atomic mass is 10.0. The smallest absolute Gasteiger partial charge is 0.400 e. The minimum atomic E-state index is -4.74. The van der Waals surface area contributed by atoms with Crippen molar-refractivity contribution in [1.29, 1.82) is 0 Å². The molecule has 1 aromatic heterocycles. The Balaban J connectivity index is 0.00000191. The van der Waals surface area contributed by atoms with Gasteiger partial charge in [0.2, 0.25) is 5.91 Å². The monoisotopic (exact) mass is 606 g/mol. The van der Waals surface area contributed by atoms with Crippen molar-refractivity contribution in [2.24, 2.45) is 5.92 Å². The van der Waals surface area contributed by atoms with Crippen LogP contribution in [-0.4, -0.2) is 68.1 Å². The lowest BCUT2D eigenvalue weighted by Gasteiger charge is -2.26. The summed E-state index contributed by atoms with van der Waals surface area (Å²) in [5.41, 5.74) is -4.37. The zero-order valence-corrected chi connectivity index (χ0v) is 25.5. The molecular weight excluding hydrogens is 565 g/mol. The molecule has 0 spiro atoms. The van der Waals surface area contributed by atoms with E-state index in [4.69, 9.17) is 18.9 Å². The largest absolute Gasteiger partial charge is 0.404 e. The highest BCUT2D eigenvalue weighted by molar-refractivity contribution is 7.54. The van der Waals surface area contributed by atoms with Gasteiger partial charge in [-0.05, 0) is 69.0 Å². The van der Waals surface area contributed by atoms with Crippen molar-refractivity contribution in [1.82, 2.24) is 10.2 Å². The highest BCUT2D eigenvalue weighted by Crippen LogP contribution is 2.66. The Morgan fingerprint density at radius 2 is 1.68 bits per heavy atom. The van der Waals surface area contributed by atoms with E-state index in [-0.39, 0.29) is 19.1 Å². The van der Waals surface area contributed by atoms with Gasteiger partial charge in [-0.25, -0.2) is 0 Å². The van der Waals surface area contributed by atoms with Crippen LogP contribution in [0.15, 0.2) is 24.3 Å². The number of carbonyl (C=O) groups is 3. The number of hydrogen-bond donors (Lipinski definition) is 2. The van der Waals surface area contributed by atoms with Gasteiger partial charge in [-0.3, -0.25) is 14.2 Å². The summed E-state index contributed by atoms with van der Waals surface area (Å²) in [6.07, 6.45) is 3.23.